The van der Waals surface area contributed by atoms with Crippen molar-refractivity contribution in [1.82, 2.24) is 9.38 Å². The maximum absolute atomic E-state index is 5.20. The van der Waals surface area contributed by atoms with E-state index >= 15 is 0 Å². The first-order valence-corrected chi connectivity index (χ1v) is 14.0. The Labute approximate surface area is 220 Å². The number of fused-ring (bicyclic) bond motifs is 3. The number of rotatable bonds is 6. The summed E-state index contributed by atoms with van der Waals surface area (Å²) in [5.74, 6) is 0. The number of hydrogen-bond donors (Lipinski definition) is 0. The third-order valence-electron chi connectivity index (χ3n) is 6.55. The minimum Gasteiger partial charge on any atom is -0.306 e. The zero-order chi connectivity index (χ0) is 25.8. The summed E-state index contributed by atoms with van der Waals surface area (Å²) in [6, 6.07) is 30.5. The second-order valence-corrected chi connectivity index (χ2v) is 11.0. The third-order valence-corrected chi connectivity index (χ3v) is 9.01. The van der Waals surface area contributed by atoms with E-state index < -0.39 is 7.92 Å². The molecule has 0 aliphatic carbocycles. The van der Waals surface area contributed by atoms with Gasteiger partial charge in [0.25, 0.3) is 0 Å². The van der Waals surface area contributed by atoms with E-state index in [9.17, 15) is 0 Å². The van der Waals surface area contributed by atoms with Gasteiger partial charge in [0.1, 0.15) is 0 Å². The van der Waals surface area contributed by atoms with Gasteiger partial charge in [-0.25, -0.2) is 4.98 Å². The van der Waals surface area contributed by atoms with E-state index in [1.54, 1.807) is 0 Å². The molecule has 5 aromatic rings. The van der Waals surface area contributed by atoms with Crippen LogP contribution < -0.4 is 21.3 Å². The van der Waals surface area contributed by atoms with Crippen molar-refractivity contribution in [2.75, 3.05) is 0 Å². The monoisotopic (exact) mass is 498 g/mol. The van der Waals surface area contributed by atoms with Gasteiger partial charge in [-0.2, -0.15) is 0 Å². The topological polar surface area (TPSA) is 17.3 Å². The molecule has 0 spiro atoms. The van der Waals surface area contributed by atoms with Crippen LogP contribution in [0.25, 0.3) is 39.8 Å². The lowest BCUT2D eigenvalue weighted by Crippen LogP contribution is -2.34. The first-order valence-electron chi connectivity index (χ1n) is 12.6. The molecular weight excluding hydrogens is 467 g/mol. The molecule has 37 heavy (non-hydrogen) atoms. The standard InChI is InChI=1S/C34H31N2P/c1-5-9-18-27(6-2)37(28-19-11-10-12-20-28)29-21-15-17-26(23-29)34-33-24-25-16-13-14-22-32(25)36(33)31(8-4)30(7-3)35-34/h5-24H,2H2,1,3-4H3/b9-5-,27-18+,30-7+,31-8+. The number of allylic oxidation sites excluding steroid dienone is 5. The second-order valence-electron chi connectivity index (χ2n) is 8.77. The van der Waals surface area contributed by atoms with Crippen LogP contribution in [0.1, 0.15) is 20.8 Å². The number of para-hydroxylation sites is 1. The van der Waals surface area contributed by atoms with Crippen LogP contribution in [0.15, 0.2) is 121 Å². The Kier molecular flexibility index (Phi) is 7.30. The molecule has 2 heterocycles. The maximum atomic E-state index is 5.20. The van der Waals surface area contributed by atoms with E-state index in [4.69, 9.17) is 4.98 Å². The fourth-order valence-corrected chi connectivity index (χ4v) is 7.17. The van der Waals surface area contributed by atoms with Crippen LogP contribution in [0.3, 0.4) is 0 Å². The Bertz CT molecular complexity index is 1770. The highest BCUT2D eigenvalue weighted by atomic mass is 31.1. The average Bonchev–Trinajstić information content (AvgIpc) is 3.34. The van der Waals surface area contributed by atoms with E-state index in [0.717, 1.165) is 27.5 Å². The zero-order valence-corrected chi connectivity index (χ0v) is 22.5. The lowest BCUT2D eigenvalue weighted by atomic mass is 10.1. The normalized spacial score (nSPS) is 14.2. The number of benzene rings is 3. The smallest absolute Gasteiger partial charge is 0.0950 e. The summed E-state index contributed by atoms with van der Waals surface area (Å²) in [4.78, 5) is 5.20. The van der Waals surface area contributed by atoms with Gasteiger partial charge in [-0.1, -0.05) is 110 Å². The summed E-state index contributed by atoms with van der Waals surface area (Å²) in [7, 11) is -0.773. The van der Waals surface area contributed by atoms with Crippen molar-refractivity contribution in [2.45, 2.75) is 20.8 Å². The molecule has 0 aliphatic heterocycles. The van der Waals surface area contributed by atoms with Crippen molar-refractivity contribution < 1.29 is 0 Å². The number of hydrogen-bond acceptors (Lipinski definition) is 1. The van der Waals surface area contributed by atoms with Crippen molar-refractivity contribution in [3.63, 3.8) is 0 Å². The van der Waals surface area contributed by atoms with E-state index in [0.29, 0.717) is 0 Å². The van der Waals surface area contributed by atoms with Crippen molar-refractivity contribution in [3.05, 3.63) is 132 Å². The molecule has 0 N–H and O–H groups in total. The minimum atomic E-state index is -0.773. The molecule has 0 amide bonds. The van der Waals surface area contributed by atoms with Gasteiger partial charge in [-0.05, 0) is 62.8 Å². The van der Waals surface area contributed by atoms with Crippen LogP contribution in [-0.4, -0.2) is 9.38 Å². The van der Waals surface area contributed by atoms with Gasteiger partial charge in [-0.15, -0.1) is 0 Å². The molecule has 0 saturated carbocycles. The molecule has 0 aliphatic rings. The molecule has 0 saturated heterocycles. The lowest BCUT2D eigenvalue weighted by molar-refractivity contribution is 1.07. The molecule has 1 atom stereocenters. The first kappa shape index (κ1) is 24.7. The Balaban J connectivity index is 1.79. The molecule has 0 bridgehead atoms. The first-order chi connectivity index (χ1) is 18.2. The van der Waals surface area contributed by atoms with Crippen LogP contribution in [0.2, 0.25) is 0 Å². The highest BCUT2D eigenvalue weighted by Crippen LogP contribution is 2.44. The van der Waals surface area contributed by atoms with Gasteiger partial charge >= 0.3 is 0 Å². The third kappa shape index (κ3) is 4.61. The van der Waals surface area contributed by atoms with Gasteiger partial charge in [0, 0.05) is 10.9 Å². The quantitative estimate of drug-likeness (QED) is 0.185. The van der Waals surface area contributed by atoms with Crippen LogP contribution >= 0.6 is 7.92 Å². The molecule has 1 unspecified atom stereocenters. The molecular formula is C34H31N2P. The van der Waals surface area contributed by atoms with Crippen molar-refractivity contribution in [2.24, 2.45) is 0 Å². The number of aromatic nitrogens is 2. The molecule has 182 valence electrons. The summed E-state index contributed by atoms with van der Waals surface area (Å²) in [6.07, 6.45) is 12.6. The zero-order valence-electron chi connectivity index (χ0n) is 21.6. The average molecular weight is 499 g/mol. The Morgan fingerprint density at radius 2 is 1.57 bits per heavy atom. The van der Waals surface area contributed by atoms with Gasteiger partial charge in [-0.3, -0.25) is 0 Å². The van der Waals surface area contributed by atoms with Crippen molar-refractivity contribution in [1.29, 1.82) is 0 Å². The largest absolute Gasteiger partial charge is 0.306 e. The Morgan fingerprint density at radius 1 is 0.811 bits per heavy atom. The molecule has 2 nitrogen and oxygen atoms in total. The number of nitrogens with zero attached hydrogens (tertiary/aromatic N) is 2. The van der Waals surface area contributed by atoms with E-state index in [1.165, 1.54) is 26.8 Å². The fourth-order valence-electron chi connectivity index (χ4n) is 4.89. The Hall–Kier alpha value is -4.00. The van der Waals surface area contributed by atoms with Crippen LogP contribution in [-0.2, 0) is 0 Å². The molecule has 2 aromatic heterocycles. The molecule has 5 rings (SSSR count). The van der Waals surface area contributed by atoms with Crippen molar-refractivity contribution in [3.8, 4) is 11.3 Å². The minimum absolute atomic E-state index is 0.773. The van der Waals surface area contributed by atoms with E-state index in [-0.39, 0.29) is 0 Å². The molecule has 0 fully saturated rings. The summed E-state index contributed by atoms with van der Waals surface area (Å²) < 4.78 is 2.35. The predicted molar refractivity (Wildman–Crippen MR) is 163 cm³/mol. The molecule has 3 heteroatoms. The van der Waals surface area contributed by atoms with Gasteiger partial charge in [0.05, 0.1) is 27.4 Å². The van der Waals surface area contributed by atoms with Crippen LogP contribution in [0.5, 0.6) is 0 Å². The maximum Gasteiger partial charge on any atom is 0.0950 e. The SMILES string of the molecule is C=C/C(=C\C=C/C)P(c1ccccc1)c1cccc(-c2nc(=C/C)/c(=C\C)n3c2cc2ccccc23)c1. The van der Waals surface area contributed by atoms with Gasteiger partial charge in [0.15, 0.2) is 0 Å². The second kappa shape index (κ2) is 10.9. The van der Waals surface area contributed by atoms with Crippen molar-refractivity contribution >= 4 is 47.1 Å². The van der Waals surface area contributed by atoms with E-state index in [2.05, 4.69) is 140 Å². The van der Waals surface area contributed by atoms with Crippen LogP contribution in [0, 0.1) is 0 Å². The fraction of sp³-hybridized carbons (Fsp3) is 0.0882. The summed E-state index contributed by atoms with van der Waals surface area (Å²) in [6.45, 7) is 10.3. The highest BCUT2D eigenvalue weighted by Gasteiger charge is 2.19. The highest BCUT2D eigenvalue weighted by molar-refractivity contribution is 7.77. The summed E-state index contributed by atoms with van der Waals surface area (Å²) in [5.41, 5.74) is 4.43. The molecule has 0 radical (unpaired) electrons. The lowest BCUT2D eigenvalue weighted by Gasteiger charge is -2.21. The summed E-state index contributed by atoms with van der Waals surface area (Å²) >= 11 is 0. The summed E-state index contributed by atoms with van der Waals surface area (Å²) in [5, 5.41) is 7.12. The van der Waals surface area contributed by atoms with E-state index in [1.807, 2.05) is 13.0 Å². The Morgan fingerprint density at radius 3 is 2.30 bits per heavy atom. The van der Waals surface area contributed by atoms with Crippen LogP contribution in [0.4, 0.5) is 0 Å². The molecule has 3 aromatic carbocycles. The van der Waals surface area contributed by atoms with Gasteiger partial charge < -0.3 is 4.40 Å². The van der Waals surface area contributed by atoms with Gasteiger partial charge in [0.2, 0.25) is 0 Å². The predicted octanol–water partition coefficient (Wildman–Crippen LogP) is 6.83.